The van der Waals surface area contributed by atoms with Crippen LogP contribution < -0.4 is 20.7 Å². The van der Waals surface area contributed by atoms with E-state index in [9.17, 15) is 33.9 Å². The third-order valence-electron chi connectivity index (χ3n) is 8.47. The molecule has 1 aromatic rings. The van der Waals surface area contributed by atoms with E-state index in [1.807, 2.05) is 0 Å². The van der Waals surface area contributed by atoms with Crippen molar-refractivity contribution < 1.29 is 62.7 Å². The number of ether oxygens (including phenoxy) is 5. The van der Waals surface area contributed by atoms with Gasteiger partial charge in [0.1, 0.15) is 25.0 Å². The first-order valence-electron chi connectivity index (χ1n) is 19.9. The van der Waals surface area contributed by atoms with Crippen molar-refractivity contribution in [2.75, 3.05) is 72.6 Å². The second kappa shape index (κ2) is 35.3. The van der Waals surface area contributed by atoms with Gasteiger partial charge in [-0.2, -0.15) is 0 Å². The van der Waals surface area contributed by atoms with Crippen molar-refractivity contribution in [2.24, 2.45) is 0 Å². The summed E-state index contributed by atoms with van der Waals surface area (Å²) in [5, 5.41) is 26.4. The molecule has 0 saturated heterocycles. The number of carbonyl (C=O) groups excluding carboxylic acids is 4. The number of carboxylic acids is 2. The molecular weight excluding hydrogens is 730 g/mol. The Hall–Kier alpha value is -4.12. The van der Waals surface area contributed by atoms with Gasteiger partial charge in [0.05, 0.1) is 51.8 Å². The molecule has 1 atom stereocenters. The molecule has 317 valence electrons. The highest BCUT2D eigenvalue weighted by molar-refractivity contribution is 5.88. The number of benzene rings is 1. The molecule has 56 heavy (non-hydrogen) atoms. The van der Waals surface area contributed by atoms with Gasteiger partial charge < -0.3 is 49.8 Å². The van der Waals surface area contributed by atoms with Crippen molar-refractivity contribution in [1.29, 1.82) is 0 Å². The van der Waals surface area contributed by atoms with E-state index in [1.54, 1.807) is 30.6 Å². The molecule has 16 nitrogen and oxygen atoms in total. The summed E-state index contributed by atoms with van der Waals surface area (Å²) < 4.78 is 26.4. The first kappa shape index (κ1) is 49.9. The van der Waals surface area contributed by atoms with Crippen LogP contribution in [0.15, 0.2) is 24.3 Å². The summed E-state index contributed by atoms with van der Waals surface area (Å²) in [6, 6.07) is 5.42. The summed E-state index contributed by atoms with van der Waals surface area (Å²) in [5.74, 6) is -2.52. The van der Waals surface area contributed by atoms with Gasteiger partial charge in [0.25, 0.3) is 0 Å². The van der Waals surface area contributed by atoms with E-state index in [1.165, 1.54) is 32.1 Å². The fraction of sp³-hybridized carbons (Fsp3) is 0.700. The Morgan fingerprint density at radius 2 is 1.16 bits per heavy atom. The minimum absolute atomic E-state index is 0.0214. The highest BCUT2D eigenvalue weighted by Crippen LogP contribution is 2.16. The number of amides is 3. The van der Waals surface area contributed by atoms with Crippen molar-refractivity contribution in [3.63, 3.8) is 0 Å². The van der Waals surface area contributed by atoms with Gasteiger partial charge in [-0.3, -0.25) is 19.2 Å². The second-order valence-electron chi connectivity index (χ2n) is 13.2. The second-order valence-corrected chi connectivity index (χ2v) is 13.2. The molecule has 1 rings (SSSR count). The fourth-order valence-corrected chi connectivity index (χ4v) is 5.42. The van der Waals surface area contributed by atoms with Crippen LogP contribution in [0.4, 0.5) is 0 Å². The maximum atomic E-state index is 12.3. The maximum absolute atomic E-state index is 12.3. The summed E-state index contributed by atoms with van der Waals surface area (Å²) in [6.07, 6.45) is 15.9. The highest BCUT2D eigenvalue weighted by atomic mass is 16.5. The van der Waals surface area contributed by atoms with Gasteiger partial charge in [-0.1, -0.05) is 76.7 Å². The van der Waals surface area contributed by atoms with Gasteiger partial charge in [0.15, 0.2) is 0 Å². The number of unbranched alkanes of at least 4 members (excludes halogenated alkanes) is 12. The Morgan fingerprint density at radius 1 is 0.607 bits per heavy atom. The van der Waals surface area contributed by atoms with Crippen LogP contribution in [0.25, 0.3) is 0 Å². The number of carboxylic acid groups (broad SMARTS) is 2. The maximum Gasteiger partial charge on any atom is 0.335 e. The van der Waals surface area contributed by atoms with E-state index >= 15 is 0 Å². The Balaban J connectivity index is 1.92. The minimum Gasteiger partial charge on any atom is -0.494 e. The fourth-order valence-electron chi connectivity index (χ4n) is 5.42. The van der Waals surface area contributed by atoms with Gasteiger partial charge in [0.2, 0.25) is 24.0 Å². The Bertz CT molecular complexity index is 1230. The Morgan fingerprint density at radius 3 is 1.75 bits per heavy atom. The third-order valence-corrected chi connectivity index (χ3v) is 8.47. The molecule has 0 aliphatic heterocycles. The number of hydrogen-bond acceptors (Lipinski definition) is 11. The summed E-state index contributed by atoms with van der Waals surface area (Å²) in [7, 11) is 0. The third kappa shape index (κ3) is 30.1. The van der Waals surface area contributed by atoms with Gasteiger partial charge in [0, 0.05) is 25.9 Å². The zero-order valence-electron chi connectivity index (χ0n) is 32.9. The summed E-state index contributed by atoms with van der Waals surface area (Å²) in [4.78, 5) is 68.8. The number of rotatable bonds is 39. The molecule has 0 fully saturated rings. The average molecular weight is 795 g/mol. The Kier molecular flexibility index (Phi) is 31.5. The number of aromatic carboxylic acids is 1. The van der Waals surface area contributed by atoms with Crippen LogP contribution in [0, 0.1) is 0 Å². The summed E-state index contributed by atoms with van der Waals surface area (Å²) in [5.41, 5.74) is 0.230. The van der Waals surface area contributed by atoms with Crippen molar-refractivity contribution >= 4 is 35.9 Å². The molecule has 0 aromatic heterocycles. The zero-order chi connectivity index (χ0) is 40.9. The van der Waals surface area contributed by atoms with Gasteiger partial charge in [-0.25, -0.2) is 9.59 Å². The van der Waals surface area contributed by atoms with Crippen LogP contribution in [0.3, 0.4) is 0 Å². The molecule has 16 heteroatoms. The molecule has 1 aromatic carbocycles. The lowest BCUT2D eigenvalue weighted by molar-refractivity contribution is -0.142. The lowest BCUT2D eigenvalue weighted by Gasteiger charge is -2.14. The van der Waals surface area contributed by atoms with E-state index in [0.29, 0.717) is 38.5 Å². The van der Waals surface area contributed by atoms with Crippen molar-refractivity contribution in [3.05, 3.63) is 29.8 Å². The quantitative estimate of drug-likeness (QED) is 0.0596. The van der Waals surface area contributed by atoms with Crippen LogP contribution >= 0.6 is 0 Å². The average Bonchev–Trinajstić information content (AvgIpc) is 3.18. The topological polar surface area (TPSA) is 225 Å². The van der Waals surface area contributed by atoms with Gasteiger partial charge >= 0.3 is 11.9 Å². The molecular formula is C40H64N3O13. The molecule has 5 N–H and O–H groups in total. The summed E-state index contributed by atoms with van der Waals surface area (Å²) >= 11 is 0. The normalized spacial score (nSPS) is 11.4. The SMILES string of the molecule is O=[C]COCCOCCNC(=O)COCCOCCNC(=O)CC[C@H](NC(=O)CCCCCCCCCCCCCCCOc1cccc(C(=O)O)c1)C(=O)O. The van der Waals surface area contributed by atoms with Crippen LogP contribution in [0.1, 0.15) is 113 Å². The van der Waals surface area contributed by atoms with Crippen LogP contribution in [0.2, 0.25) is 0 Å². The summed E-state index contributed by atoms with van der Waals surface area (Å²) in [6.45, 7) is 2.36. The number of aliphatic carboxylic acids is 1. The number of carbonyl (C=O) groups is 5. The standard InChI is InChI=1S/C40H64N3O13/c44-22-26-54-28-27-52-25-21-42-38(47)32-55-30-29-53-24-20-41-36(45)19-18-35(40(50)51)43-37(46)17-12-10-8-6-4-2-1-3-5-7-9-11-13-23-56-34-16-14-15-33(31-34)39(48)49/h14-16,31,35H,1-13,17-21,23-30,32H2,(H,41,45)(H,42,47)(H,43,46)(H,48,49)(H,50,51)/t35-/m0/s1. The smallest absolute Gasteiger partial charge is 0.335 e. The van der Waals surface area contributed by atoms with Crippen LogP contribution in [0.5, 0.6) is 5.75 Å². The molecule has 0 aliphatic rings. The molecule has 0 saturated carbocycles. The van der Waals surface area contributed by atoms with E-state index in [4.69, 9.17) is 28.8 Å². The molecule has 0 bridgehead atoms. The molecule has 0 heterocycles. The number of hydrogen-bond donors (Lipinski definition) is 5. The molecule has 3 amide bonds. The Labute approximate surface area is 331 Å². The van der Waals surface area contributed by atoms with E-state index in [0.717, 1.165) is 44.9 Å². The van der Waals surface area contributed by atoms with E-state index < -0.39 is 18.0 Å². The van der Waals surface area contributed by atoms with Crippen molar-refractivity contribution in [1.82, 2.24) is 16.0 Å². The predicted molar refractivity (Wildman–Crippen MR) is 207 cm³/mol. The van der Waals surface area contributed by atoms with Crippen molar-refractivity contribution in [2.45, 2.75) is 109 Å². The zero-order valence-corrected chi connectivity index (χ0v) is 32.9. The monoisotopic (exact) mass is 794 g/mol. The number of nitrogens with one attached hydrogen (secondary N) is 3. The first-order valence-corrected chi connectivity index (χ1v) is 19.9. The van der Waals surface area contributed by atoms with Crippen LogP contribution in [-0.4, -0.2) is 125 Å². The highest BCUT2D eigenvalue weighted by Gasteiger charge is 2.20. The van der Waals surface area contributed by atoms with E-state index in [2.05, 4.69) is 16.0 Å². The molecule has 1 radical (unpaired) electrons. The van der Waals surface area contributed by atoms with Gasteiger partial charge in [-0.15, -0.1) is 0 Å². The molecule has 0 aliphatic carbocycles. The largest absolute Gasteiger partial charge is 0.494 e. The van der Waals surface area contributed by atoms with Gasteiger partial charge in [-0.05, 0) is 37.5 Å². The lowest BCUT2D eigenvalue weighted by atomic mass is 10.0. The first-order chi connectivity index (χ1) is 27.2. The molecule has 0 spiro atoms. The van der Waals surface area contributed by atoms with Crippen LogP contribution in [-0.2, 0) is 42.9 Å². The minimum atomic E-state index is -1.18. The lowest BCUT2D eigenvalue weighted by Crippen LogP contribution is -2.41. The predicted octanol–water partition coefficient (Wildman–Crippen LogP) is 3.98. The van der Waals surface area contributed by atoms with E-state index in [-0.39, 0.29) is 88.7 Å². The van der Waals surface area contributed by atoms with Crippen molar-refractivity contribution in [3.8, 4) is 5.75 Å². The molecule has 0 unspecified atom stereocenters.